The van der Waals surface area contributed by atoms with Crippen LogP contribution in [0, 0.1) is 19.8 Å². The van der Waals surface area contributed by atoms with E-state index in [2.05, 4.69) is 5.32 Å². The lowest BCUT2D eigenvalue weighted by Crippen LogP contribution is -2.43. The second-order valence-electron chi connectivity index (χ2n) is 8.28. The van der Waals surface area contributed by atoms with E-state index in [1.165, 1.54) is 5.56 Å². The molecule has 1 N–H and O–H groups in total. The average molecular weight is 360 g/mol. The van der Waals surface area contributed by atoms with Crippen LogP contribution in [0.1, 0.15) is 61.5 Å². The van der Waals surface area contributed by atoms with Crippen LogP contribution in [0.2, 0.25) is 0 Å². The van der Waals surface area contributed by atoms with Crippen molar-refractivity contribution in [2.24, 2.45) is 5.92 Å². The number of carbonyl (C=O) groups excluding carboxylic acids is 2. The third-order valence-corrected chi connectivity index (χ3v) is 4.78. The van der Waals surface area contributed by atoms with Crippen molar-refractivity contribution in [1.82, 2.24) is 10.2 Å². The van der Waals surface area contributed by atoms with Gasteiger partial charge in [-0.3, -0.25) is 4.79 Å². The molecule has 0 radical (unpaired) electrons. The monoisotopic (exact) mass is 360 g/mol. The molecule has 0 bridgehead atoms. The Morgan fingerprint density at radius 1 is 1.23 bits per heavy atom. The van der Waals surface area contributed by atoms with E-state index in [9.17, 15) is 9.59 Å². The molecule has 26 heavy (non-hydrogen) atoms. The van der Waals surface area contributed by atoms with Crippen LogP contribution in [-0.2, 0) is 4.74 Å². The number of benzene rings is 1. The molecule has 1 aromatic rings. The third-order valence-electron chi connectivity index (χ3n) is 4.78. The van der Waals surface area contributed by atoms with E-state index < -0.39 is 5.60 Å². The van der Waals surface area contributed by atoms with Gasteiger partial charge < -0.3 is 15.0 Å². The molecule has 1 fully saturated rings. The SMILES string of the molecule is Cc1ccc(C(=O)NCCC2CCCN(C(=O)OC(C)(C)C)C2)cc1C. The van der Waals surface area contributed by atoms with Gasteiger partial charge in [-0.05, 0) is 83.1 Å². The Labute approximate surface area is 157 Å². The number of likely N-dealkylation sites (tertiary alicyclic amines) is 1. The summed E-state index contributed by atoms with van der Waals surface area (Å²) in [7, 11) is 0. The zero-order chi connectivity index (χ0) is 19.3. The van der Waals surface area contributed by atoms with Crippen LogP contribution >= 0.6 is 0 Å². The maximum Gasteiger partial charge on any atom is 0.410 e. The maximum atomic E-state index is 12.3. The Balaban J connectivity index is 1.79. The highest BCUT2D eigenvalue weighted by atomic mass is 16.6. The van der Waals surface area contributed by atoms with Gasteiger partial charge in [-0.15, -0.1) is 0 Å². The Morgan fingerprint density at radius 3 is 2.62 bits per heavy atom. The fourth-order valence-corrected chi connectivity index (χ4v) is 3.17. The van der Waals surface area contributed by atoms with Crippen molar-refractivity contribution >= 4 is 12.0 Å². The molecule has 1 aromatic carbocycles. The summed E-state index contributed by atoms with van der Waals surface area (Å²) < 4.78 is 5.46. The number of hydrogen-bond donors (Lipinski definition) is 1. The number of carbonyl (C=O) groups is 2. The summed E-state index contributed by atoms with van der Waals surface area (Å²) in [6.45, 7) is 11.8. The van der Waals surface area contributed by atoms with Crippen molar-refractivity contribution in [2.45, 2.75) is 59.5 Å². The number of ether oxygens (including phenoxy) is 1. The van der Waals surface area contributed by atoms with Crippen LogP contribution in [0.5, 0.6) is 0 Å². The van der Waals surface area contributed by atoms with Gasteiger partial charge in [-0.1, -0.05) is 6.07 Å². The molecule has 1 unspecified atom stereocenters. The number of nitrogens with one attached hydrogen (secondary N) is 1. The van der Waals surface area contributed by atoms with Crippen molar-refractivity contribution in [2.75, 3.05) is 19.6 Å². The van der Waals surface area contributed by atoms with E-state index in [1.807, 2.05) is 52.8 Å². The first-order valence-electron chi connectivity index (χ1n) is 9.49. The van der Waals surface area contributed by atoms with Crippen LogP contribution < -0.4 is 5.32 Å². The summed E-state index contributed by atoms with van der Waals surface area (Å²) in [4.78, 5) is 26.3. The van der Waals surface area contributed by atoms with Gasteiger partial charge in [-0.25, -0.2) is 4.79 Å². The first-order chi connectivity index (χ1) is 12.2. The fraction of sp³-hybridized carbons (Fsp3) is 0.619. The number of nitrogens with zero attached hydrogens (tertiary/aromatic N) is 1. The molecule has 144 valence electrons. The standard InChI is InChI=1S/C21H32N2O3/c1-15-8-9-18(13-16(15)2)19(24)22-11-10-17-7-6-12-23(14-17)20(25)26-21(3,4)5/h8-9,13,17H,6-7,10-12,14H2,1-5H3,(H,22,24). The number of hydrogen-bond acceptors (Lipinski definition) is 3. The van der Waals surface area contributed by atoms with E-state index in [4.69, 9.17) is 4.74 Å². The predicted octanol–water partition coefficient (Wildman–Crippen LogP) is 4.07. The highest BCUT2D eigenvalue weighted by Gasteiger charge is 2.27. The van der Waals surface area contributed by atoms with Gasteiger partial charge in [0.25, 0.3) is 5.91 Å². The van der Waals surface area contributed by atoms with Crippen LogP contribution in [0.4, 0.5) is 4.79 Å². The Kier molecular flexibility index (Phi) is 6.68. The molecule has 0 spiro atoms. The van der Waals surface area contributed by atoms with Gasteiger partial charge in [0, 0.05) is 25.2 Å². The van der Waals surface area contributed by atoms with Crippen molar-refractivity contribution in [3.8, 4) is 0 Å². The molecule has 0 aliphatic carbocycles. The van der Waals surface area contributed by atoms with E-state index >= 15 is 0 Å². The molecule has 1 saturated heterocycles. The molecule has 5 nitrogen and oxygen atoms in total. The number of piperidine rings is 1. The minimum Gasteiger partial charge on any atom is -0.444 e. The molecule has 1 aliphatic heterocycles. The second-order valence-corrected chi connectivity index (χ2v) is 8.28. The lowest BCUT2D eigenvalue weighted by Gasteiger charge is -2.34. The minimum absolute atomic E-state index is 0.0343. The van der Waals surface area contributed by atoms with E-state index in [0.29, 0.717) is 24.6 Å². The largest absolute Gasteiger partial charge is 0.444 e. The molecule has 5 heteroatoms. The average Bonchev–Trinajstić information content (AvgIpc) is 2.56. The topological polar surface area (TPSA) is 58.6 Å². The summed E-state index contributed by atoms with van der Waals surface area (Å²) in [5, 5.41) is 3.00. The fourth-order valence-electron chi connectivity index (χ4n) is 3.17. The van der Waals surface area contributed by atoms with E-state index in [0.717, 1.165) is 31.4 Å². The van der Waals surface area contributed by atoms with Crippen molar-refractivity contribution < 1.29 is 14.3 Å². The van der Waals surface area contributed by atoms with E-state index in [1.54, 1.807) is 4.90 Å². The normalized spacial score (nSPS) is 17.7. The number of amides is 2. The molecular weight excluding hydrogens is 328 g/mol. The number of aryl methyl sites for hydroxylation is 2. The summed E-state index contributed by atoms with van der Waals surface area (Å²) in [6.07, 6.45) is 2.70. The smallest absolute Gasteiger partial charge is 0.410 e. The van der Waals surface area contributed by atoms with E-state index in [-0.39, 0.29) is 12.0 Å². The van der Waals surface area contributed by atoms with Gasteiger partial charge in [-0.2, -0.15) is 0 Å². The molecule has 2 rings (SSSR count). The lowest BCUT2D eigenvalue weighted by molar-refractivity contribution is 0.0161. The van der Waals surface area contributed by atoms with Gasteiger partial charge in [0.1, 0.15) is 5.60 Å². The second kappa shape index (κ2) is 8.56. The molecule has 1 heterocycles. The summed E-state index contributed by atoms with van der Waals surface area (Å²) in [5.74, 6) is 0.365. The van der Waals surface area contributed by atoms with Gasteiger partial charge in [0.05, 0.1) is 0 Å². The number of rotatable bonds is 4. The van der Waals surface area contributed by atoms with Crippen molar-refractivity contribution in [3.63, 3.8) is 0 Å². The molecule has 1 aliphatic rings. The van der Waals surface area contributed by atoms with Crippen molar-refractivity contribution in [3.05, 3.63) is 34.9 Å². The summed E-state index contributed by atoms with van der Waals surface area (Å²) >= 11 is 0. The summed E-state index contributed by atoms with van der Waals surface area (Å²) in [5.41, 5.74) is 2.54. The minimum atomic E-state index is -0.468. The maximum absolute atomic E-state index is 12.3. The van der Waals surface area contributed by atoms with Gasteiger partial charge >= 0.3 is 6.09 Å². The predicted molar refractivity (Wildman–Crippen MR) is 103 cm³/mol. The lowest BCUT2D eigenvalue weighted by atomic mass is 9.95. The quantitative estimate of drug-likeness (QED) is 0.880. The van der Waals surface area contributed by atoms with Crippen LogP contribution in [0.25, 0.3) is 0 Å². The zero-order valence-corrected chi connectivity index (χ0v) is 16.7. The Bertz CT molecular complexity index is 649. The third kappa shape index (κ3) is 6.04. The first-order valence-corrected chi connectivity index (χ1v) is 9.49. The van der Waals surface area contributed by atoms with Gasteiger partial charge in [0.15, 0.2) is 0 Å². The molecular formula is C21H32N2O3. The van der Waals surface area contributed by atoms with Crippen LogP contribution in [0.3, 0.4) is 0 Å². The molecule has 0 aromatic heterocycles. The highest BCUT2D eigenvalue weighted by molar-refractivity contribution is 5.94. The van der Waals surface area contributed by atoms with Crippen molar-refractivity contribution in [1.29, 1.82) is 0 Å². The zero-order valence-electron chi connectivity index (χ0n) is 16.7. The van der Waals surface area contributed by atoms with Gasteiger partial charge in [0.2, 0.25) is 0 Å². The highest BCUT2D eigenvalue weighted by Crippen LogP contribution is 2.21. The Morgan fingerprint density at radius 2 is 1.96 bits per heavy atom. The van der Waals surface area contributed by atoms with Crippen LogP contribution in [-0.4, -0.2) is 42.1 Å². The molecule has 1 atom stereocenters. The Hall–Kier alpha value is -2.04. The first kappa shape index (κ1) is 20.3. The summed E-state index contributed by atoms with van der Waals surface area (Å²) in [6, 6.07) is 5.77. The molecule has 2 amide bonds. The molecule has 0 saturated carbocycles. The van der Waals surface area contributed by atoms with Crippen LogP contribution in [0.15, 0.2) is 18.2 Å².